The molecule has 2 heteroatoms. The van der Waals surface area contributed by atoms with Crippen LogP contribution in [-0.2, 0) is 4.79 Å². The SMILES string of the molecule is CC(C)=C[C@@H]1[C@H](C(=O)[O-])C1(C)C. The summed E-state index contributed by atoms with van der Waals surface area (Å²) < 4.78 is 0. The molecule has 0 aromatic carbocycles. The molecule has 1 aliphatic rings. The second kappa shape index (κ2) is 2.61. The van der Waals surface area contributed by atoms with E-state index in [2.05, 4.69) is 0 Å². The molecule has 0 spiro atoms. The van der Waals surface area contributed by atoms with E-state index in [0.29, 0.717) is 0 Å². The summed E-state index contributed by atoms with van der Waals surface area (Å²) in [5.74, 6) is -1.03. The molecule has 0 saturated heterocycles. The predicted molar refractivity (Wildman–Crippen MR) is 45.2 cm³/mol. The molecule has 0 aromatic rings. The number of carboxylic acids is 1. The van der Waals surface area contributed by atoms with Crippen LogP contribution in [0.4, 0.5) is 0 Å². The summed E-state index contributed by atoms with van der Waals surface area (Å²) in [6.45, 7) is 7.91. The highest BCUT2D eigenvalue weighted by Gasteiger charge is 2.56. The van der Waals surface area contributed by atoms with E-state index in [1.54, 1.807) is 0 Å². The molecule has 1 saturated carbocycles. The molecule has 68 valence electrons. The van der Waals surface area contributed by atoms with Crippen molar-refractivity contribution < 1.29 is 9.90 Å². The van der Waals surface area contributed by atoms with Crippen LogP contribution < -0.4 is 5.11 Å². The van der Waals surface area contributed by atoms with Gasteiger partial charge in [-0.2, -0.15) is 0 Å². The normalized spacial score (nSPS) is 31.0. The molecular weight excluding hydrogens is 152 g/mol. The van der Waals surface area contributed by atoms with Crippen LogP contribution in [0.3, 0.4) is 0 Å². The van der Waals surface area contributed by atoms with Gasteiger partial charge in [-0.05, 0) is 25.2 Å². The van der Waals surface area contributed by atoms with Crippen LogP contribution in [0.1, 0.15) is 27.7 Å². The Morgan fingerprint density at radius 1 is 1.42 bits per heavy atom. The van der Waals surface area contributed by atoms with Crippen molar-refractivity contribution in [3.63, 3.8) is 0 Å². The third-order valence-electron chi connectivity index (χ3n) is 2.68. The Bertz CT molecular complexity index is 234. The third kappa shape index (κ3) is 1.38. The molecule has 0 unspecified atom stereocenters. The first kappa shape index (κ1) is 9.30. The fourth-order valence-corrected chi connectivity index (χ4v) is 1.80. The van der Waals surface area contributed by atoms with E-state index in [1.165, 1.54) is 5.57 Å². The first-order valence-corrected chi connectivity index (χ1v) is 4.23. The van der Waals surface area contributed by atoms with Crippen LogP contribution in [0.15, 0.2) is 11.6 Å². The number of hydrogen-bond acceptors (Lipinski definition) is 2. The molecule has 2 atom stereocenters. The zero-order valence-electron chi connectivity index (χ0n) is 8.05. The fourth-order valence-electron chi connectivity index (χ4n) is 1.80. The molecule has 12 heavy (non-hydrogen) atoms. The van der Waals surface area contributed by atoms with E-state index in [4.69, 9.17) is 0 Å². The lowest BCUT2D eigenvalue weighted by Crippen LogP contribution is -2.26. The van der Waals surface area contributed by atoms with Crippen LogP contribution in [0.5, 0.6) is 0 Å². The van der Waals surface area contributed by atoms with Crippen LogP contribution in [-0.4, -0.2) is 5.97 Å². The number of carbonyl (C=O) groups is 1. The lowest BCUT2D eigenvalue weighted by molar-refractivity contribution is -0.308. The van der Waals surface area contributed by atoms with Gasteiger partial charge >= 0.3 is 0 Å². The van der Waals surface area contributed by atoms with Crippen molar-refractivity contribution in [3.05, 3.63) is 11.6 Å². The molecule has 0 aliphatic heterocycles. The van der Waals surface area contributed by atoms with Gasteiger partial charge in [0.05, 0.1) is 0 Å². The summed E-state index contributed by atoms with van der Waals surface area (Å²) in [6.07, 6.45) is 2.03. The second-order valence-corrected chi connectivity index (χ2v) is 4.39. The van der Waals surface area contributed by atoms with Crippen LogP contribution in [0.25, 0.3) is 0 Å². The Morgan fingerprint density at radius 2 is 1.92 bits per heavy atom. The molecule has 2 nitrogen and oxygen atoms in total. The quantitative estimate of drug-likeness (QED) is 0.575. The molecule has 1 fully saturated rings. The van der Waals surface area contributed by atoms with Crippen molar-refractivity contribution >= 4 is 5.97 Å². The topological polar surface area (TPSA) is 40.1 Å². The summed E-state index contributed by atoms with van der Waals surface area (Å²) in [5, 5.41) is 10.6. The van der Waals surface area contributed by atoms with Gasteiger partial charge in [-0.15, -0.1) is 0 Å². The van der Waals surface area contributed by atoms with Crippen molar-refractivity contribution in [2.75, 3.05) is 0 Å². The molecule has 0 radical (unpaired) electrons. The second-order valence-electron chi connectivity index (χ2n) is 4.39. The minimum absolute atomic E-state index is 0.101. The monoisotopic (exact) mass is 167 g/mol. The minimum Gasteiger partial charge on any atom is -0.550 e. The summed E-state index contributed by atoms with van der Waals surface area (Å²) in [7, 11) is 0. The molecule has 0 heterocycles. The van der Waals surface area contributed by atoms with Crippen molar-refractivity contribution in [3.8, 4) is 0 Å². The van der Waals surface area contributed by atoms with Crippen molar-refractivity contribution in [2.45, 2.75) is 27.7 Å². The number of carboxylic acid groups (broad SMARTS) is 1. The van der Waals surface area contributed by atoms with Gasteiger partial charge < -0.3 is 9.90 Å². The maximum absolute atomic E-state index is 10.6. The number of rotatable bonds is 2. The number of carbonyl (C=O) groups excluding carboxylic acids is 1. The van der Waals surface area contributed by atoms with Gasteiger partial charge in [0.2, 0.25) is 0 Å². The maximum Gasteiger partial charge on any atom is 0.0456 e. The summed E-state index contributed by atoms with van der Waals surface area (Å²) in [6, 6.07) is 0. The first-order valence-electron chi connectivity index (χ1n) is 4.23. The molecular formula is C10H15O2-. The van der Waals surface area contributed by atoms with E-state index in [9.17, 15) is 9.90 Å². The zero-order valence-corrected chi connectivity index (χ0v) is 8.05. The molecule has 0 N–H and O–H groups in total. The van der Waals surface area contributed by atoms with Gasteiger partial charge in [-0.1, -0.05) is 25.5 Å². The number of allylic oxidation sites excluding steroid dienone is 2. The van der Waals surface area contributed by atoms with E-state index >= 15 is 0 Å². The Balaban J connectivity index is 2.73. The average Bonchev–Trinajstić information content (AvgIpc) is 2.32. The summed E-state index contributed by atoms with van der Waals surface area (Å²) in [5.41, 5.74) is 1.08. The molecule has 0 bridgehead atoms. The van der Waals surface area contributed by atoms with E-state index < -0.39 is 5.97 Å². The van der Waals surface area contributed by atoms with Gasteiger partial charge in [0.25, 0.3) is 0 Å². The number of aliphatic carboxylic acids is 1. The highest BCUT2D eigenvalue weighted by atomic mass is 16.4. The largest absolute Gasteiger partial charge is 0.550 e. The lowest BCUT2D eigenvalue weighted by Gasteiger charge is -2.01. The molecule has 1 rings (SSSR count). The Hall–Kier alpha value is -0.790. The summed E-state index contributed by atoms with van der Waals surface area (Å²) in [4.78, 5) is 10.6. The summed E-state index contributed by atoms with van der Waals surface area (Å²) >= 11 is 0. The third-order valence-corrected chi connectivity index (χ3v) is 2.68. The first-order chi connectivity index (χ1) is 5.37. The van der Waals surface area contributed by atoms with Crippen LogP contribution in [0.2, 0.25) is 0 Å². The van der Waals surface area contributed by atoms with Crippen LogP contribution in [0, 0.1) is 17.3 Å². The molecule has 1 aliphatic carbocycles. The van der Waals surface area contributed by atoms with Crippen molar-refractivity contribution in [2.24, 2.45) is 17.3 Å². The smallest absolute Gasteiger partial charge is 0.0456 e. The fraction of sp³-hybridized carbons (Fsp3) is 0.700. The zero-order chi connectivity index (χ0) is 9.52. The van der Waals surface area contributed by atoms with E-state index in [0.717, 1.165) is 0 Å². The molecule has 0 aromatic heterocycles. The highest BCUT2D eigenvalue weighted by molar-refractivity contribution is 5.74. The van der Waals surface area contributed by atoms with Crippen molar-refractivity contribution in [1.82, 2.24) is 0 Å². The van der Waals surface area contributed by atoms with Gasteiger partial charge in [-0.3, -0.25) is 0 Å². The number of hydrogen-bond donors (Lipinski definition) is 0. The minimum atomic E-state index is -0.914. The van der Waals surface area contributed by atoms with Gasteiger partial charge in [0, 0.05) is 11.9 Å². The maximum atomic E-state index is 10.6. The average molecular weight is 167 g/mol. The Morgan fingerprint density at radius 3 is 2.17 bits per heavy atom. The highest BCUT2D eigenvalue weighted by Crippen LogP contribution is 2.58. The standard InChI is InChI=1S/C10H16O2/c1-6(2)5-7-8(9(11)12)10(7,3)4/h5,7-8H,1-4H3,(H,11,12)/p-1/t7-,8-/m1/s1. The van der Waals surface area contributed by atoms with E-state index in [1.807, 2.05) is 33.8 Å². The Labute approximate surface area is 73.3 Å². The molecule has 0 amide bonds. The van der Waals surface area contributed by atoms with Gasteiger partial charge in [0.1, 0.15) is 0 Å². The van der Waals surface area contributed by atoms with Crippen molar-refractivity contribution in [1.29, 1.82) is 0 Å². The lowest BCUT2D eigenvalue weighted by atomic mass is 10.1. The van der Waals surface area contributed by atoms with E-state index in [-0.39, 0.29) is 17.3 Å². The Kier molecular flexibility index (Phi) is 2.02. The predicted octanol–water partition coefficient (Wildman–Crippen LogP) is 0.975. The van der Waals surface area contributed by atoms with Crippen LogP contribution >= 0.6 is 0 Å². The van der Waals surface area contributed by atoms with Gasteiger partial charge in [-0.25, -0.2) is 0 Å². The van der Waals surface area contributed by atoms with Gasteiger partial charge in [0.15, 0.2) is 0 Å².